The van der Waals surface area contributed by atoms with Gasteiger partial charge in [-0.05, 0) is 172 Å². The zero-order valence-corrected chi connectivity index (χ0v) is 43.2. The van der Waals surface area contributed by atoms with E-state index in [9.17, 15) is 0 Å². The van der Waals surface area contributed by atoms with E-state index in [1.165, 1.54) is 169 Å². The first-order valence-electron chi connectivity index (χ1n) is 27.5. The summed E-state index contributed by atoms with van der Waals surface area (Å²) in [7, 11) is 0. The van der Waals surface area contributed by atoms with Gasteiger partial charge in [-0.15, -0.1) is 0 Å². The lowest BCUT2D eigenvalue weighted by Gasteiger charge is -2.34. The minimum Gasteiger partial charge on any atom is -0.0654 e. The van der Waals surface area contributed by atoms with E-state index in [2.05, 4.69) is 211 Å². The summed E-state index contributed by atoms with van der Waals surface area (Å²) in [6, 6.07) is 66.9. The molecule has 0 radical (unpaired) electrons. The Bertz CT molecular complexity index is 3450. The van der Waals surface area contributed by atoms with Crippen LogP contribution in [0, 0.1) is 0 Å². The average molecular weight is 923 g/mol. The quantitative estimate of drug-likeness (QED) is 0.0899. The van der Waals surface area contributed by atoms with E-state index in [4.69, 9.17) is 0 Å². The first-order valence-corrected chi connectivity index (χ1v) is 27.5. The monoisotopic (exact) mass is 923 g/mol. The van der Waals surface area contributed by atoms with Crippen LogP contribution in [-0.4, -0.2) is 0 Å². The fraction of sp³-hybridized carbons (Fsp3) is 0.296. The summed E-state index contributed by atoms with van der Waals surface area (Å²) in [5, 5.41) is 5.28. The molecule has 354 valence electrons. The molecule has 0 aromatic heterocycles. The van der Waals surface area contributed by atoms with Crippen LogP contribution in [0.15, 0.2) is 170 Å². The third kappa shape index (κ3) is 6.98. The van der Waals surface area contributed by atoms with Gasteiger partial charge in [0.2, 0.25) is 0 Å². The standard InChI is InChI=1S/C71H70/c1-7-11-39-70(40-12-8-2)62-30-22-20-24-52(62)54-35-31-47(43-64(54)70)48-32-36-55-56-38-34-50(46-66(56)71(41-13-9-3,42-14-10-4)65(55)44-48)68-59-27-17-15-25-57(59)67(58-26-16-18-28-60(58)68)49-33-37-53-51-23-19-21-29-61(51)69(5,6)63(53)45-49/h15-38,43-46H,7-14,39-42H2,1-6H3. The molecule has 0 heteroatoms. The topological polar surface area (TPSA) is 0 Å². The molecule has 0 heterocycles. The molecule has 0 spiro atoms. The van der Waals surface area contributed by atoms with Crippen molar-refractivity contribution >= 4 is 21.5 Å². The Labute approximate surface area is 424 Å². The smallest absolute Gasteiger partial charge is 0.0215 e. The van der Waals surface area contributed by atoms with Gasteiger partial charge in [0.05, 0.1) is 0 Å². The zero-order chi connectivity index (χ0) is 48.5. The van der Waals surface area contributed by atoms with Crippen LogP contribution in [0.25, 0.3) is 88.3 Å². The summed E-state index contributed by atoms with van der Waals surface area (Å²) in [6.45, 7) is 14.3. The minimum absolute atomic E-state index is 0.0674. The normalized spacial score (nSPS) is 15.1. The highest BCUT2D eigenvalue weighted by atomic mass is 14.5. The Morgan fingerprint density at radius 3 is 1.00 bits per heavy atom. The van der Waals surface area contributed by atoms with Gasteiger partial charge in [-0.3, -0.25) is 0 Å². The molecule has 71 heavy (non-hydrogen) atoms. The van der Waals surface area contributed by atoms with Gasteiger partial charge in [-0.2, -0.15) is 0 Å². The number of benzene rings is 9. The van der Waals surface area contributed by atoms with Crippen molar-refractivity contribution in [3.8, 4) is 66.8 Å². The van der Waals surface area contributed by atoms with E-state index in [1.807, 2.05) is 0 Å². The third-order valence-electron chi connectivity index (χ3n) is 17.9. The van der Waals surface area contributed by atoms with Crippen LogP contribution < -0.4 is 0 Å². The molecule has 0 aliphatic heterocycles. The van der Waals surface area contributed by atoms with Gasteiger partial charge in [0.15, 0.2) is 0 Å². The zero-order valence-electron chi connectivity index (χ0n) is 43.2. The van der Waals surface area contributed by atoms with Gasteiger partial charge >= 0.3 is 0 Å². The second kappa shape index (κ2) is 18.0. The van der Waals surface area contributed by atoms with Crippen LogP contribution in [0.2, 0.25) is 0 Å². The fourth-order valence-electron chi connectivity index (χ4n) is 14.3. The van der Waals surface area contributed by atoms with Crippen molar-refractivity contribution in [1.82, 2.24) is 0 Å². The largest absolute Gasteiger partial charge is 0.0654 e. The maximum Gasteiger partial charge on any atom is 0.0215 e. The second-order valence-corrected chi connectivity index (χ2v) is 22.2. The number of hydrogen-bond acceptors (Lipinski definition) is 0. The summed E-state index contributed by atoms with van der Waals surface area (Å²) >= 11 is 0. The van der Waals surface area contributed by atoms with Crippen molar-refractivity contribution < 1.29 is 0 Å². The number of fused-ring (bicyclic) bond motifs is 11. The van der Waals surface area contributed by atoms with Gasteiger partial charge in [-0.1, -0.05) is 239 Å². The summed E-state index contributed by atoms with van der Waals surface area (Å²) < 4.78 is 0. The summed E-state index contributed by atoms with van der Waals surface area (Å²) in [5.41, 5.74) is 25.5. The van der Waals surface area contributed by atoms with Gasteiger partial charge in [0, 0.05) is 16.2 Å². The van der Waals surface area contributed by atoms with Gasteiger partial charge in [0.1, 0.15) is 0 Å². The number of hydrogen-bond donors (Lipinski definition) is 0. The van der Waals surface area contributed by atoms with Crippen molar-refractivity contribution in [3.05, 3.63) is 203 Å². The number of unbranched alkanes of at least 4 members (excludes halogenated alkanes) is 4. The molecule has 3 aliphatic rings. The highest BCUT2D eigenvalue weighted by Gasteiger charge is 2.44. The Hall–Kier alpha value is -6.50. The molecule has 0 N–H and O–H groups in total. The molecule has 0 amide bonds. The summed E-state index contributed by atoms with van der Waals surface area (Å²) in [6.07, 6.45) is 14.5. The van der Waals surface area contributed by atoms with E-state index in [0.717, 1.165) is 12.8 Å². The van der Waals surface area contributed by atoms with Crippen LogP contribution in [0.4, 0.5) is 0 Å². The molecule has 0 saturated carbocycles. The van der Waals surface area contributed by atoms with Gasteiger partial charge in [-0.25, -0.2) is 0 Å². The van der Waals surface area contributed by atoms with Crippen molar-refractivity contribution in [2.45, 2.75) is 135 Å². The molecule has 0 atom stereocenters. The van der Waals surface area contributed by atoms with Crippen molar-refractivity contribution in [2.75, 3.05) is 0 Å². The molecule has 9 aromatic carbocycles. The lowest BCUT2D eigenvalue weighted by atomic mass is 9.69. The molecule has 0 fully saturated rings. The molecule has 12 rings (SSSR count). The average Bonchev–Trinajstić information content (AvgIpc) is 3.94. The summed E-state index contributed by atoms with van der Waals surface area (Å²) in [4.78, 5) is 0. The first kappa shape index (κ1) is 45.6. The Kier molecular flexibility index (Phi) is 11.5. The van der Waals surface area contributed by atoms with Crippen LogP contribution >= 0.6 is 0 Å². The van der Waals surface area contributed by atoms with E-state index in [-0.39, 0.29) is 16.2 Å². The lowest BCUT2D eigenvalue weighted by Crippen LogP contribution is -2.26. The van der Waals surface area contributed by atoms with E-state index < -0.39 is 0 Å². The molecule has 0 bridgehead atoms. The van der Waals surface area contributed by atoms with Crippen molar-refractivity contribution in [1.29, 1.82) is 0 Å². The second-order valence-electron chi connectivity index (χ2n) is 22.2. The van der Waals surface area contributed by atoms with Crippen molar-refractivity contribution in [2.24, 2.45) is 0 Å². The molecular weight excluding hydrogens is 853 g/mol. The Morgan fingerprint density at radius 1 is 0.282 bits per heavy atom. The Morgan fingerprint density at radius 2 is 0.577 bits per heavy atom. The highest BCUT2D eigenvalue weighted by molar-refractivity contribution is 6.21. The van der Waals surface area contributed by atoms with E-state index in [0.29, 0.717) is 0 Å². The maximum atomic E-state index is 2.66. The molecule has 3 aliphatic carbocycles. The van der Waals surface area contributed by atoms with Crippen LogP contribution in [0.1, 0.15) is 152 Å². The molecule has 0 unspecified atom stereocenters. The van der Waals surface area contributed by atoms with Gasteiger partial charge in [0.25, 0.3) is 0 Å². The minimum atomic E-state index is -0.0690. The molecule has 9 aromatic rings. The lowest BCUT2D eigenvalue weighted by molar-refractivity contribution is 0.414. The highest BCUT2D eigenvalue weighted by Crippen LogP contribution is 2.59. The molecule has 0 nitrogen and oxygen atoms in total. The first-order chi connectivity index (χ1) is 34.8. The van der Waals surface area contributed by atoms with Gasteiger partial charge < -0.3 is 0 Å². The van der Waals surface area contributed by atoms with Crippen LogP contribution in [0.5, 0.6) is 0 Å². The van der Waals surface area contributed by atoms with Crippen molar-refractivity contribution in [3.63, 3.8) is 0 Å². The number of rotatable bonds is 15. The Balaban J connectivity index is 1.01. The summed E-state index contributed by atoms with van der Waals surface area (Å²) in [5.74, 6) is 0. The van der Waals surface area contributed by atoms with Crippen LogP contribution in [0.3, 0.4) is 0 Å². The maximum absolute atomic E-state index is 2.66. The van der Waals surface area contributed by atoms with E-state index >= 15 is 0 Å². The predicted molar refractivity (Wildman–Crippen MR) is 306 cm³/mol. The van der Waals surface area contributed by atoms with Crippen LogP contribution in [-0.2, 0) is 16.2 Å². The third-order valence-corrected chi connectivity index (χ3v) is 17.9. The molecular formula is C71H70. The predicted octanol–water partition coefficient (Wildman–Crippen LogP) is 20.6. The van der Waals surface area contributed by atoms with E-state index in [1.54, 1.807) is 16.7 Å². The fourth-order valence-corrected chi connectivity index (χ4v) is 14.3. The molecule has 0 saturated heterocycles. The SMILES string of the molecule is CCCCC1(CCCC)c2ccccc2-c2ccc(-c3ccc4c(c3)C(CCCC)(CCCC)c3cc(-c5c6ccccc6c(-c6ccc7c(c6)C(C)(C)c6ccccc6-7)c6ccccc56)ccc3-4)cc21.